The predicted octanol–water partition coefficient (Wildman–Crippen LogP) is 1.60. The molecule has 1 unspecified atom stereocenters. The fourth-order valence-corrected chi connectivity index (χ4v) is 4.57. The maximum atomic E-state index is 11.8. The minimum Gasteiger partial charge on any atom is -0.493 e. The summed E-state index contributed by atoms with van der Waals surface area (Å²) >= 11 is 0. The van der Waals surface area contributed by atoms with Gasteiger partial charge in [0.1, 0.15) is 5.82 Å². The van der Waals surface area contributed by atoms with Crippen LogP contribution in [0.15, 0.2) is 18.2 Å². The van der Waals surface area contributed by atoms with Gasteiger partial charge in [0.05, 0.1) is 26.5 Å². The summed E-state index contributed by atoms with van der Waals surface area (Å²) in [5.74, 6) is 3.06. The second-order valence-electron chi connectivity index (χ2n) is 7.95. The van der Waals surface area contributed by atoms with Gasteiger partial charge in [-0.25, -0.2) is 13.1 Å². The summed E-state index contributed by atoms with van der Waals surface area (Å²) < 4.78 is 39.2. The van der Waals surface area contributed by atoms with E-state index in [-0.39, 0.29) is 5.92 Å². The average molecular weight is 438 g/mol. The topological polar surface area (TPSA) is 98.6 Å². The number of aromatic nitrogens is 3. The van der Waals surface area contributed by atoms with Gasteiger partial charge in [-0.2, -0.15) is 0 Å². The molecule has 0 saturated carbocycles. The Balaban J connectivity index is 1.75. The lowest BCUT2D eigenvalue weighted by Crippen LogP contribution is -2.33. The third kappa shape index (κ3) is 5.30. The van der Waals surface area contributed by atoms with Crippen molar-refractivity contribution in [2.45, 2.75) is 39.4 Å². The molecule has 0 saturated heterocycles. The molecule has 30 heavy (non-hydrogen) atoms. The van der Waals surface area contributed by atoms with Gasteiger partial charge in [0, 0.05) is 32.6 Å². The SMILES string of the molecule is COc1ccc(CN2CCc3nnc(C(NS(C)(=O)=O)C(C)C)n3CC2)cc1OC. The molecule has 166 valence electrons. The lowest BCUT2D eigenvalue weighted by molar-refractivity contribution is 0.268. The molecule has 0 spiro atoms. The minimum atomic E-state index is -3.36. The molecular formula is C20H31N5O4S. The van der Waals surface area contributed by atoms with Crippen LogP contribution in [0.4, 0.5) is 0 Å². The molecule has 2 aromatic rings. The average Bonchev–Trinajstić information content (AvgIpc) is 2.99. The molecule has 10 heteroatoms. The summed E-state index contributed by atoms with van der Waals surface area (Å²) in [6.07, 6.45) is 1.93. The fourth-order valence-electron chi connectivity index (χ4n) is 3.73. The van der Waals surface area contributed by atoms with E-state index in [9.17, 15) is 8.42 Å². The standard InChI is InChI=1S/C20H31N5O4S/c1-14(2)19(23-30(5,26)27)20-22-21-18-8-9-24(10-11-25(18)20)13-15-6-7-16(28-3)17(12-15)29-4/h6-7,12,14,19,23H,8-11,13H2,1-5H3. The van der Waals surface area contributed by atoms with Crippen LogP contribution in [-0.4, -0.2) is 61.6 Å². The van der Waals surface area contributed by atoms with Crippen LogP contribution < -0.4 is 14.2 Å². The number of nitrogens with zero attached hydrogens (tertiary/aromatic N) is 4. The lowest BCUT2D eigenvalue weighted by Gasteiger charge is -2.23. The Morgan fingerprint density at radius 1 is 1.10 bits per heavy atom. The summed E-state index contributed by atoms with van der Waals surface area (Å²) in [7, 11) is -0.0945. The van der Waals surface area contributed by atoms with Crippen molar-refractivity contribution >= 4 is 10.0 Å². The van der Waals surface area contributed by atoms with Gasteiger partial charge in [-0.3, -0.25) is 4.90 Å². The van der Waals surface area contributed by atoms with Crippen LogP contribution in [0.2, 0.25) is 0 Å². The van der Waals surface area contributed by atoms with E-state index in [2.05, 4.69) is 24.4 Å². The van der Waals surface area contributed by atoms with E-state index in [1.54, 1.807) is 14.2 Å². The number of ether oxygens (including phenoxy) is 2. The molecule has 1 aliphatic heterocycles. The number of nitrogens with one attached hydrogen (secondary N) is 1. The van der Waals surface area contributed by atoms with E-state index < -0.39 is 16.1 Å². The summed E-state index contributed by atoms with van der Waals surface area (Å²) in [6, 6.07) is 5.56. The van der Waals surface area contributed by atoms with Crippen LogP contribution in [0.1, 0.15) is 37.1 Å². The molecule has 1 aromatic heterocycles. The van der Waals surface area contributed by atoms with Gasteiger partial charge in [-0.15, -0.1) is 10.2 Å². The largest absolute Gasteiger partial charge is 0.493 e. The summed E-state index contributed by atoms with van der Waals surface area (Å²) in [4.78, 5) is 2.36. The van der Waals surface area contributed by atoms with E-state index >= 15 is 0 Å². The van der Waals surface area contributed by atoms with Crippen LogP contribution in [0.5, 0.6) is 11.5 Å². The normalized spacial score (nSPS) is 16.2. The van der Waals surface area contributed by atoms with Crippen molar-refractivity contribution in [2.24, 2.45) is 5.92 Å². The Morgan fingerprint density at radius 3 is 2.47 bits per heavy atom. The Hall–Kier alpha value is -2.17. The van der Waals surface area contributed by atoms with E-state index in [1.165, 1.54) is 6.26 Å². The third-order valence-corrected chi connectivity index (χ3v) is 5.97. The van der Waals surface area contributed by atoms with E-state index in [0.29, 0.717) is 18.1 Å². The van der Waals surface area contributed by atoms with Crippen molar-refractivity contribution in [2.75, 3.05) is 33.6 Å². The zero-order chi connectivity index (χ0) is 21.9. The number of methoxy groups -OCH3 is 2. The minimum absolute atomic E-state index is 0.0548. The quantitative estimate of drug-likeness (QED) is 0.670. The Labute approximate surface area is 178 Å². The molecule has 0 bridgehead atoms. The first-order valence-corrected chi connectivity index (χ1v) is 11.9. The number of hydrogen-bond acceptors (Lipinski definition) is 7. The van der Waals surface area contributed by atoms with Gasteiger partial charge < -0.3 is 14.0 Å². The highest BCUT2D eigenvalue weighted by molar-refractivity contribution is 7.88. The third-order valence-electron chi connectivity index (χ3n) is 5.29. The molecule has 1 atom stereocenters. The molecule has 9 nitrogen and oxygen atoms in total. The highest BCUT2D eigenvalue weighted by atomic mass is 32.2. The van der Waals surface area contributed by atoms with Gasteiger partial charge in [0.15, 0.2) is 17.3 Å². The first-order chi connectivity index (χ1) is 14.2. The van der Waals surface area contributed by atoms with Crippen molar-refractivity contribution in [3.63, 3.8) is 0 Å². The Kier molecular flexibility index (Phi) is 6.99. The Morgan fingerprint density at radius 2 is 1.83 bits per heavy atom. The first-order valence-electron chi connectivity index (χ1n) is 10.0. The smallest absolute Gasteiger partial charge is 0.209 e. The van der Waals surface area contributed by atoms with Crippen LogP contribution in [0, 0.1) is 5.92 Å². The first kappa shape index (κ1) is 22.5. The van der Waals surface area contributed by atoms with Gasteiger partial charge in [0.25, 0.3) is 0 Å². The molecule has 1 aromatic carbocycles. The van der Waals surface area contributed by atoms with Crippen LogP contribution >= 0.6 is 0 Å². The molecule has 0 fully saturated rings. The second-order valence-corrected chi connectivity index (χ2v) is 9.73. The van der Waals surface area contributed by atoms with Crippen LogP contribution in [0.25, 0.3) is 0 Å². The molecule has 1 aliphatic rings. The van der Waals surface area contributed by atoms with Crippen molar-refractivity contribution < 1.29 is 17.9 Å². The van der Waals surface area contributed by atoms with Crippen molar-refractivity contribution in [1.82, 2.24) is 24.4 Å². The summed E-state index contributed by atoms with van der Waals surface area (Å²) in [5.41, 5.74) is 1.14. The summed E-state index contributed by atoms with van der Waals surface area (Å²) in [6.45, 7) is 7.10. The van der Waals surface area contributed by atoms with Gasteiger partial charge >= 0.3 is 0 Å². The molecule has 0 amide bonds. The highest BCUT2D eigenvalue weighted by Crippen LogP contribution is 2.28. The number of sulfonamides is 1. The fraction of sp³-hybridized carbons (Fsp3) is 0.600. The number of hydrogen-bond donors (Lipinski definition) is 1. The zero-order valence-electron chi connectivity index (χ0n) is 18.3. The Bertz CT molecular complexity index is 974. The number of benzene rings is 1. The van der Waals surface area contributed by atoms with Crippen molar-refractivity contribution in [3.05, 3.63) is 35.4 Å². The van der Waals surface area contributed by atoms with Crippen LogP contribution in [-0.2, 0) is 29.5 Å². The van der Waals surface area contributed by atoms with Crippen molar-refractivity contribution in [3.8, 4) is 11.5 Å². The van der Waals surface area contributed by atoms with Crippen molar-refractivity contribution in [1.29, 1.82) is 0 Å². The van der Waals surface area contributed by atoms with E-state index in [1.807, 2.05) is 32.0 Å². The maximum absolute atomic E-state index is 11.8. The number of rotatable bonds is 8. The number of fused-ring (bicyclic) bond motifs is 1. The van der Waals surface area contributed by atoms with Gasteiger partial charge in [-0.05, 0) is 23.6 Å². The molecule has 0 aliphatic carbocycles. The maximum Gasteiger partial charge on any atom is 0.209 e. The summed E-state index contributed by atoms with van der Waals surface area (Å²) in [5, 5.41) is 8.69. The predicted molar refractivity (Wildman–Crippen MR) is 114 cm³/mol. The van der Waals surface area contributed by atoms with E-state index in [0.717, 1.165) is 43.2 Å². The highest BCUT2D eigenvalue weighted by Gasteiger charge is 2.28. The zero-order valence-corrected chi connectivity index (χ0v) is 19.1. The molecule has 1 N–H and O–H groups in total. The monoisotopic (exact) mass is 437 g/mol. The van der Waals surface area contributed by atoms with E-state index in [4.69, 9.17) is 9.47 Å². The molecular weight excluding hydrogens is 406 g/mol. The van der Waals surface area contributed by atoms with Gasteiger partial charge in [0.2, 0.25) is 10.0 Å². The van der Waals surface area contributed by atoms with Crippen LogP contribution in [0.3, 0.4) is 0 Å². The molecule has 2 heterocycles. The van der Waals surface area contributed by atoms with Gasteiger partial charge in [-0.1, -0.05) is 19.9 Å². The molecule has 3 rings (SSSR count). The lowest BCUT2D eigenvalue weighted by atomic mass is 10.1. The molecule has 0 radical (unpaired) electrons. The second kappa shape index (κ2) is 9.32.